The number of carbonyl (C=O) groups is 1. The number of carbonyl (C=O) groups excluding carboxylic acids is 1. The summed E-state index contributed by atoms with van der Waals surface area (Å²) < 4.78 is 0. The molecule has 112 valence electrons. The second-order valence-corrected chi connectivity index (χ2v) is 5.55. The third-order valence-corrected chi connectivity index (χ3v) is 4.14. The average molecular weight is 286 g/mol. The van der Waals surface area contributed by atoms with E-state index in [9.17, 15) is 9.59 Å². The summed E-state index contributed by atoms with van der Waals surface area (Å²) in [6, 6.07) is 4.68. The van der Waals surface area contributed by atoms with Gasteiger partial charge in [0.25, 0.3) is 5.91 Å². The van der Waals surface area contributed by atoms with E-state index < -0.39 is 0 Å². The fraction of sp³-hybridized carbons (Fsp3) is 0.412. The van der Waals surface area contributed by atoms with Crippen LogP contribution in [0, 0.1) is 0 Å². The molecule has 0 bridgehead atoms. The number of amides is 1. The number of pyridine rings is 1. The van der Waals surface area contributed by atoms with Crippen LogP contribution in [0.1, 0.15) is 42.6 Å². The number of aromatic amines is 1. The Kier molecular flexibility index (Phi) is 4.78. The van der Waals surface area contributed by atoms with Crippen LogP contribution in [0.3, 0.4) is 0 Å². The minimum atomic E-state index is -0.258. The van der Waals surface area contributed by atoms with Crippen LogP contribution in [0.25, 0.3) is 0 Å². The molecule has 21 heavy (non-hydrogen) atoms. The van der Waals surface area contributed by atoms with Crippen LogP contribution in [0.2, 0.25) is 0 Å². The molecule has 0 atom stereocenters. The average Bonchev–Trinajstić information content (AvgIpc) is 2.48. The Morgan fingerprint density at radius 1 is 1.29 bits per heavy atom. The van der Waals surface area contributed by atoms with Crippen molar-refractivity contribution < 1.29 is 4.79 Å². The van der Waals surface area contributed by atoms with E-state index in [0.29, 0.717) is 12.2 Å². The summed E-state index contributed by atoms with van der Waals surface area (Å²) in [6.07, 6.45) is 8.22. The molecule has 2 rings (SSSR count). The largest absolute Gasteiger partial charge is 0.331 e. The zero-order valence-electron chi connectivity index (χ0n) is 12.3. The van der Waals surface area contributed by atoms with Gasteiger partial charge in [-0.2, -0.15) is 0 Å². The lowest BCUT2D eigenvalue weighted by molar-refractivity contribution is 0.0324. The highest BCUT2D eigenvalue weighted by atomic mass is 16.2. The van der Waals surface area contributed by atoms with E-state index in [1.165, 1.54) is 6.07 Å². The molecule has 1 N–H and O–H groups in total. The summed E-state index contributed by atoms with van der Waals surface area (Å²) in [5.41, 5.74) is -0.163. The number of piperidine rings is 1. The molecule has 4 nitrogen and oxygen atoms in total. The van der Waals surface area contributed by atoms with Crippen LogP contribution < -0.4 is 5.56 Å². The summed E-state index contributed by atoms with van der Waals surface area (Å²) in [5.74, 6) is -0.115. The molecule has 0 spiro atoms. The van der Waals surface area contributed by atoms with Crippen molar-refractivity contribution in [2.75, 3.05) is 6.54 Å². The predicted molar refractivity (Wildman–Crippen MR) is 84.3 cm³/mol. The van der Waals surface area contributed by atoms with Gasteiger partial charge in [0.2, 0.25) is 5.56 Å². The van der Waals surface area contributed by atoms with Gasteiger partial charge < -0.3 is 9.88 Å². The molecule has 0 aliphatic carbocycles. The van der Waals surface area contributed by atoms with E-state index in [1.54, 1.807) is 12.1 Å². The Morgan fingerprint density at radius 2 is 2.00 bits per heavy atom. The van der Waals surface area contributed by atoms with Crippen molar-refractivity contribution in [3.63, 3.8) is 0 Å². The first kappa shape index (κ1) is 15.3. The summed E-state index contributed by atoms with van der Waals surface area (Å²) in [7, 11) is 0. The monoisotopic (exact) mass is 286 g/mol. The molecule has 0 aromatic carbocycles. The normalized spacial score (nSPS) is 17.2. The van der Waals surface area contributed by atoms with Crippen molar-refractivity contribution >= 4 is 5.91 Å². The maximum Gasteiger partial charge on any atom is 0.270 e. The zero-order chi connectivity index (χ0) is 15.3. The Morgan fingerprint density at radius 3 is 2.62 bits per heavy atom. The fourth-order valence-corrected chi connectivity index (χ4v) is 3.18. The van der Waals surface area contributed by atoms with Crippen molar-refractivity contribution in [2.24, 2.45) is 0 Å². The van der Waals surface area contributed by atoms with E-state index in [2.05, 4.69) is 18.1 Å². The van der Waals surface area contributed by atoms with Crippen molar-refractivity contribution in [1.29, 1.82) is 0 Å². The van der Waals surface area contributed by atoms with Gasteiger partial charge in [-0.05, 0) is 38.2 Å². The van der Waals surface area contributed by atoms with Gasteiger partial charge in [-0.25, -0.2) is 0 Å². The van der Waals surface area contributed by atoms with E-state index in [0.717, 1.165) is 32.1 Å². The number of nitrogens with one attached hydrogen (secondary N) is 1. The van der Waals surface area contributed by atoms with Gasteiger partial charge in [0, 0.05) is 12.6 Å². The molecular weight excluding hydrogens is 264 g/mol. The molecule has 0 saturated carbocycles. The van der Waals surface area contributed by atoms with Crippen LogP contribution in [0.5, 0.6) is 0 Å². The molecule has 0 unspecified atom stereocenters. The number of likely N-dealkylation sites (tertiary alicyclic amines) is 1. The van der Waals surface area contributed by atoms with Gasteiger partial charge in [-0.15, -0.1) is 13.2 Å². The van der Waals surface area contributed by atoms with E-state index >= 15 is 0 Å². The quantitative estimate of drug-likeness (QED) is 0.846. The Labute approximate surface area is 125 Å². The minimum absolute atomic E-state index is 0.115. The van der Waals surface area contributed by atoms with Gasteiger partial charge in [0.1, 0.15) is 5.69 Å². The molecule has 1 saturated heterocycles. The maximum absolute atomic E-state index is 12.8. The first-order valence-electron chi connectivity index (χ1n) is 7.36. The van der Waals surface area contributed by atoms with Gasteiger partial charge >= 0.3 is 0 Å². The maximum atomic E-state index is 12.8. The zero-order valence-corrected chi connectivity index (χ0v) is 12.3. The molecule has 4 heteroatoms. The smallest absolute Gasteiger partial charge is 0.270 e. The second-order valence-electron chi connectivity index (χ2n) is 5.55. The SMILES string of the molecule is C=CCC1(CC=C)CCCCN1C(=O)c1cccc(=O)[nH]1. The molecule has 0 radical (unpaired) electrons. The number of hydrogen-bond donors (Lipinski definition) is 1. The Hall–Kier alpha value is -2.10. The van der Waals surface area contributed by atoms with Crippen LogP contribution in [0.4, 0.5) is 0 Å². The highest BCUT2D eigenvalue weighted by molar-refractivity contribution is 5.92. The minimum Gasteiger partial charge on any atom is -0.331 e. The number of H-pyrrole nitrogens is 1. The number of hydrogen-bond acceptors (Lipinski definition) is 2. The first-order chi connectivity index (χ1) is 10.1. The predicted octanol–water partition coefficient (Wildman–Crippen LogP) is 2.89. The number of nitrogens with zero attached hydrogens (tertiary/aromatic N) is 1. The van der Waals surface area contributed by atoms with Crippen LogP contribution >= 0.6 is 0 Å². The second kappa shape index (κ2) is 6.57. The summed E-state index contributed by atoms with van der Waals surface area (Å²) in [6.45, 7) is 8.37. The summed E-state index contributed by atoms with van der Waals surface area (Å²) in [4.78, 5) is 28.8. The third-order valence-electron chi connectivity index (χ3n) is 4.14. The van der Waals surface area contributed by atoms with Gasteiger partial charge in [-0.1, -0.05) is 18.2 Å². The molecule has 1 aromatic heterocycles. The molecule has 1 fully saturated rings. The Balaban J connectivity index is 2.37. The van der Waals surface area contributed by atoms with E-state index in [4.69, 9.17) is 0 Å². The molecule has 1 aliphatic heterocycles. The molecule has 1 amide bonds. The third kappa shape index (κ3) is 3.15. The summed E-state index contributed by atoms with van der Waals surface area (Å²) in [5, 5.41) is 0. The van der Waals surface area contributed by atoms with E-state index in [1.807, 2.05) is 17.1 Å². The Bertz CT molecular complexity index is 578. The molecule has 1 aliphatic rings. The highest BCUT2D eigenvalue weighted by Crippen LogP contribution is 2.35. The van der Waals surface area contributed by atoms with Crippen molar-refractivity contribution in [3.05, 3.63) is 59.6 Å². The van der Waals surface area contributed by atoms with Crippen molar-refractivity contribution in [1.82, 2.24) is 9.88 Å². The van der Waals surface area contributed by atoms with Crippen molar-refractivity contribution in [2.45, 2.75) is 37.6 Å². The van der Waals surface area contributed by atoms with Crippen molar-refractivity contribution in [3.8, 4) is 0 Å². The lowest BCUT2D eigenvalue weighted by Gasteiger charge is -2.46. The standard InChI is InChI=1S/C17H22N2O2/c1-3-10-17(11-4-2)12-5-6-13-19(17)16(21)14-8-7-9-15(20)18-14/h3-4,7-9H,1-2,5-6,10-13H2,(H,18,20). The summed E-state index contributed by atoms with van der Waals surface area (Å²) >= 11 is 0. The molecule has 2 heterocycles. The number of aromatic nitrogens is 1. The first-order valence-corrected chi connectivity index (χ1v) is 7.36. The molecular formula is C17H22N2O2. The molecule has 1 aromatic rings. The topological polar surface area (TPSA) is 53.2 Å². The lowest BCUT2D eigenvalue weighted by Crippen LogP contribution is -2.54. The van der Waals surface area contributed by atoms with E-state index in [-0.39, 0.29) is 17.0 Å². The van der Waals surface area contributed by atoms with Gasteiger partial charge in [0.15, 0.2) is 0 Å². The van der Waals surface area contributed by atoms with Crippen LogP contribution in [-0.4, -0.2) is 27.9 Å². The van der Waals surface area contributed by atoms with Crippen LogP contribution in [-0.2, 0) is 0 Å². The highest BCUT2D eigenvalue weighted by Gasteiger charge is 2.40. The number of rotatable bonds is 5. The fourth-order valence-electron chi connectivity index (χ4n) is 3.18. The van der Waals surface area contributed by atoms with Gasteiger partial charge in [-0.3, -0.25) is 9.59 Å². The van der Waals surface area contributed by atoms with Crippen LogP contribution in [0.15, 0.2) is 48.3 Å². The lowest BCUT2D eigenvalue weighted by atomic mass is 9.80. The van der Waals surface area contributed by atoms with Gasteiger partial charge in [0.05, 0.1) is 5.54 Å².